The molecule has 4 nitrogen and oxygen atoms in total. The molecule has 0 saturated carbocycles. The number of aliphatic imine (C=N–C) groups is 1. The molecule has 18 heavy (non-hydrogen) atoms. The fraction of sp³-hybridized carbons (Fsp3) is 0. The molecule has 0 N–H and O–H groups in total. The highest BCUT2D eigenvalue weighted by Crippen LogP contribution is 2.23. The number of ether oxygens (including phenoxy) is 1. The van der Waals surface area contributed by atoms with E-state index in [0.717, 1.165) is 4.88 Å². The zero-order chi connectivity index (χ0) is 12.5. The Morgan fingerprint density at radius 1 is 1.33 bits per heavy atom. The Morgan fingerprint density at radius 3 is 2.89 bits per heavy atom. The van der Waals surface area contributed by atoms with Crippen LogP contribution in [0.5, 0.6) is 0 Å². The maximum atomic E-state index is 11.6. The van der Waals surface area contributed by atoms with Gasteiger partial charge in [0, 0.05) is 4.88 Å². The molecule has 2 aromatic heterocycles. The van der Waals surface area contributed by atoms with Crippen molar-refractivity contribution in [3.8, 4) is 0 Å². The van der Waals surface area contributed by atoms with E-state index in [-0.39, 0.29) is 11.6 Å². The minimum atomic E-state index is -0.467. The summed E-state index contributed by atoms with van der Waals surface area (Å²) in [6.45, 7) is 0. The summed E-state index contributed by atoms with van der Waals surface area (Å²) in [5, 5.41) is 1.93. The van der Waals surface area contributed by atoms with E-state index in [2.05, 4.69) is 20.9 Å². The number of esters is 1. The molecule has 6 heteroatoms. The predicted octanol–water partition coefficient (Wildman–Crippen LogP) is 3.45. The fourth-order valence-corrected chi connectivity index (χ4v) is 2.41. The Morgan fingerprint density at radius 2 is 2.22 bits per heavy atom. The normalized spacial score (nSPS) is 17.1. The maximum Gasteiger partial charge on any atom is 0.363 e. The van der Waals surface area contributed by atoms with E-state index in [1.807, 2.05) is 17.5 Å². The number of hydrogen-bond donors (Lipinski definition) is 0. The predicted molar refractivity (Wildman–Crippen MR) is 71.3 cm³/mol. The smallest absolute Gasteiger partial charge is 0.363 e. The van der Waals surface area contributed by atoms with Crippen LogP contribution in [-0.4, -0.2) is 11.9 Å². The fourth-order valence-electron chi connectivity index (χ4n) is 1.45. The number of carbonyl (C=O) groups is 1. The molecule has 0 atom stereocenters. The first-order valence-corrected chi connectivity index (χ1v) is 6.71. The van der Waals surface area contributed by atoms with Crippen molar-refractivity contribution in [1.82, 2.24) is 0 Å². The largest absolute Gasteiger partial charge is 0.444 e. The van der Waals surface area contributed by atoms with Crippen molar-refractivity contribution < 1.29 is 13.9 Å². The Balaban J connectivity index is 1.94. The molecule has 3 rings (SSSR count). The van der Waals surface area contributed by atoms with Crippen molar-refractivity contribution in [2.75, 3.05) is 0 Å². The lowest BCUT2D eigenvalue weighted by atomic mass is 10.3. The average molecular weight is 324 g/mol. The van der Waals surface area contributed by atoms with Gasteiger partial charge in [0.15, 0.2) is 16.1 Å². The molecule has 0 unspecified atom stereocenters. The van der Waals surface area contributed by atoms with Crippen LogP contribution in [0.1, 0.15) is 10.6 Å². The molecule has 0 amide bonds. The van der Waals surface area contributed by atoms with Crippen molar-refractivity contribution in [3.05, 3.63) is 50.6 Å². The molecule has 1 aliphatic heterocycles. The number of thiophene rings is 1. The van der Waals surface area contributed by atoms with Gasteiger partial charge in [-0.15, -0.1) is 11.3 Å². The number of hydrogen-bond acceptors (Lipinski definition) is 5. The van der Waals surface area contributed by atoms with Crippen LogP contribution in [0.25, 0.3) is 6.08 Å². The molecule has 0 radical (unpaired) electrons. The first-order valence-electron chi connectivity index (χ1n) is 5.04. The third-order valence-electron chi connectivity index (χ3n) is 2.23. The molecular weight excluding hydrogens is 318 g/mol. The average Bonchev–Trinajstić information content (AvgIpc) is 3.03. The van der Waals surface area contributed by atoms with Crippen LogP contribution >= 0.6 is 27.3 Å². The van der Waals surface area contributed by atoms with Crippen LogP contribution < -0.4 is 0 Å². The summed E-state index contributed by atoms with van der Waals surface area (Å²) in [4.78, 5) is 16.7. The molecule has 3 heterocycles. The zero-order valence-electron chi connectivity index (χ0n) is 8.92. The minimum absolute atomic E-state index is 0.188. The monoisotopic (exact) mass is 323 g/mol. The molecular formula is C12H6BrNO3S. The summed E-state index contributed by atoms with van der Waals surface area (Å²) in [6, 6.07) is 7.21. The molecule has 0 fully saturated rings. The summed E-state index contributed by atoms with van der Waals surface area (Å²) in [7, 11) is 0. The van der Waals surface area contributed by atoms with Gasteiger partial charge >= 0.3 is 5.97 Å². The lowest BCUT2D eigenvalue weighted by Crippen LogP contribution is -2.04. The quantitative estimate of drug-likeness (QED) is 0.628. The standard InChI is InChI=1S/C12H6BrNO3S/c13-10-4-3-9(16-10)11-14-8(12(15)17-11)6-7-2-1-5-18-7/h1-6H. The van der Waals surface area contributed by atoms with Gasteiger partial charge in [0.1, 0.15) is 0 Å². The minimum Gasteiger partial charge on any atom is -0.444 e. The first kappa shape index (κ1) is 11.4. The van der Waals surface area contributed by atoms with Gasteiger partial charge in [0.2, 0.25) is 0 Å². The van der Waals surface area contributed by atoms with E-state index < -0.39 is 5.97 Å². The zero-order valence-corrected chi connectivity index (χ0v) is 11.3. The molecule has 2 aromatic rings. The highest BCUT2D eigenvalue weighted by molar-refractivity contribution is 9.10. The second-order valence-electron chi connectivity index (χ2n) is 3.46. The topological polar surface area (TPSA) is 51.8 Å². The number of furan rings is 1. The Labute approximate surface area is 115 Å². The van der Waals surface area contributed by atoms with E-state index in [1.54, 1.807) is 18.2 Å². The number of carbonyl (C=O) groups excluding carboxylic acids is 1. The molecule has 0 bridgehead atoms. The van der Waals surface area contributed by atoms with Gasteiger partial charge in [0.05, 0.1) is 0 Å². The van der Waals surface area contributed by atoms with Gasteiger partial charge in [-0.05, 0) is 45.6 Å². The Bertz CT molecular complexity index is 655. The van der Waals surface area contributed by atoms with Crippen LogP contribution in [0.2, 0.25) is 0 Å². The van der Waals surface area contributed by atoms with Gasteiger partial charge in [0.25, 0.3) is 5.90 Å². The molecule has 0 aliphatic carbocycles. The summed E-state index contributed by atoms with van der Waals surface area (Å²) in [6.07, 6.45) is 1.69. The van der Waals surface area contributed by atoms with Crippen LogP contribution in [0, 0.1) is 0 Å². The SMILES string of the molecule is O=C1OC(c2ccc(Br)o2)=NC1=Cc1cccs1. The molecule has 90 valence electrons. The lowest BCUT2D eigenvalue weighted by Gasteiger charge is -1.92. The lowest BCUT2D eigenvalue weighted by molar-refractivity contribution is -0.130. The van der Waals surface area contributed by atoms with E-state index in [1.165, 1.54) is 11.3 Å². The van der Waals surface area contributed by atoms with Gasteiger partial charge < -0.3 is 9.15 Å². The number of nitrogens with zero attached hydrogens (tertiary/aromatic N) is 1. The highest BCUT2D eigenvalue weighted by atomic mass is 79.9. The van der Waals surface area contributed by atoms with Crippen LogP contribution in [-0.2, 0) is 9.53 Å². The Kier molecular flexibility index (Phi) is 2.89. The van der Waals surface area contributed by atoms with Crippen molar-refractivity contribution in [3.63, 3.8) is 0 Å². The van der Waals surface area contributed by atoms with Crippen LogP contribution in [0.3, 0.4) is 0 Å². The van der Waals surface area contributed by atoms with Crippen molar-refractivity contribution >= 4 is 45.2 Å². The maximum absolute atomic E-state index is 11.6. The molecule has 1 aliphatic rings. The van der Waals surface area contributed by atoms with Crippen LogP contribution in [0.15, 0.2) is 49.4 Å². The summed E-state index contributed by atoms with van der Waals surface area (Å²) < 4.78 is 10.9. The second kappa shape index (κ2) is 4.55. The molecule has 0 saturated heterocycles. The van der Waals surface area contributed by atoms with E-state index in [9.17, 15) is 4.79 Å². The first-order chi connectivity index (χ1) is 8.72. The van der Waals surface area contributed by atoms with E-state index in [0.29, 0.717) is 10.4 Å². The Hall–Kier alpha value is -1.66. The van der Waals surface area contributed by atoms with Gasteiger partial charge in [-0.25, -0.2) is 9.79 Å². The second-order valence-corrected chi connectivity index (χ2v) is 5.22. The molecule has 0 spiro atoms. The number of rotatable bonds is 2. The summed E-state index contributed by atoms with van der Waals surface area (Å²) in [5.41, 5.74) is 0.278. The van der Waals surface area contributed by atoms with Crippen molar-refractivity contribution in [1.29, 1.82) is 0 Å². The van der Waals surface area contributed by atoms with Crippen LogP contribution in [0.4, 0.5) is 0 Å². The molecule has 0 aromatic carbocycles. The van der Waals surface area contributed by atoms with Crippen molar-refractivity contribution in [2.24, 2.45) is 4.99 Å². The summed E-state index contributed by atoms with van der Waals surface area (Å²) in [5.74, 6) is 0.143. The van der Waals surface area contributed by atoms with Gasteiger partial charge in [-0.2, -0.15) is 0 Å². The third-order valence-corrected chi connectivity index (χ3v) is 3.47. The van der Waals surface area contributed by atoms with E-state index >= 15 is 0 Å². The van der Waals surface area contributed by atoms with Gasteiger partial charge in [-0.3, -0.25) is 0 Å². The number of cyclic esters (lactones) is 1. The van der Waals surface area contributed by atoms with E-state index in [4.69, 9.17) is 9.15 Å². The van der Waals surface area contributed by atoms with Gasteiger partial charge in [-0.1, -0.05) is 6.07 Å². The third kappa shape index (κ3) is 2.16. The van der Waals surface area contributed by atoms with Crippen molar-refractivity contribution in [2.45, 2.75) is 0 Å². The highest BCUT2D eigenvalue weighted by Gasteiger charge is 2.26. The summed E-state index contributed by atoms with van der Waals surface area (Å²) >= 11 is 4.71. The number of halogens is 1.